The summed E-state index contributed by atoms with van der Waals surface area (Å²) in [5.74, 6) is -0.543. The number of carbonyl (C=O) groups is 2. The molecule has 0 atom stereocenters. The third-order valence-corrected chi connectivity index (χ3v) is 2.90. The lowest BCUT2D eigenvalue weighted by Crippen LogP contribution is -2.51. The van der Waals surface area contributed by atoms with Crippen LogP contribution in [0.2, 0.25) is 0 Å². The Bertz CT molecular complexity index is 477. The van der Waals surface area contributed by atoms with Crippen LogP contribution in [0.5, 0.6) is 5.75 Å². The number of benzene rings is 1. The molecule has 1 aromatic carbocycles. The minimum absolute atomic E-state index is 0.211. The molecule has 5 nitrogen and oxygen atoms in total. The van der Waals surface area contributed by atoms with Gasteiger partial charge in [0.2, 0.25) is 0 Å². The predicted molar refractivity (Wildman–Crippen MR) is 75.9 cm³/mol. The first-order valence-electron chi connectivity index (χ1n) is 6.49. The fraction of sp³-hybridized carbons (Fsp3) is 0.467. The van der Waals surface area contributed by atoms with E-state index in [1.54, 1.807) is 12.1 Å². The third-order valence-electron chi connectivity index (χ3n) is 2.90. The van der Waals surface area contributed by atoms with Crippen LogP contribution in [0, 0.1) is 0 Å². The van der Waals surface area contributed by atoms with Gasteiger partial charge in [0.1, 0.15) is 11.3 Å². The first-order chi connectivity index (χ1) is 9.22. The smallest absolute Gasteiger partial charge is 0.328 e. The van der Waals surface area contributed by atoms with Gasteiger partial charge in [0.05, 0.1) is 0 Å². The van der Waals surface area contributed by atoms with Crippen molar-refractivity contribution in [2.45, 2.75) is 39.2 Å². The molecule has 0 aliphatic carbocycles. The normalized spacial score (nSPS) is 11.2. The minimum atomic E-state index is -1.30. The molecule has 5 heteroatoms. The van der Waals surface area contributed by atoms with Gasteiger partial charge in [-0.1, -0.05) is 26.0 Å². The number of carboxylic acids is 1. The third kappa shape index (κ3) is 4.57. The van der Waals surface area contributed by atoms with Crippen LogP contribution < -0.4 is 10.1 Å². The maximum Gasteiger partial charge on any atom is 0.328 e. The summed E-state index contributed by atoms with van der Waals surface area (Å²) >= 11 is 0. The zero-order valence-electron chi connectivity index (χ0n) is 12.3. The molecule has 0 spiro atoms. The number of hydrogen-bond donors (Lipinski definition) is 2. The van der Waals surface area contributed by atoms with Crippen LogP contribution in [0.3, 0.4) is 0 Å². The molecular weight excluding hydrogens is 258 g/mol. The van der Waals surface area contributed by atoms with Gasteiger partial charge in [-0.25, -0.2) is 4.79 Å². The number of carbonyl (C=O) groups excluding carboxylic acids is 1. The second kappa shape index (κ2) is 6.41. The van der Waals surface area contributed by atoms with E-state index in [0.717, 1.165) is 0 Å². The number of carboxylic acid groups (broad SMARTS) is 1. The summed E-state index contributed by atoms with van der Waals surface area (Å²) in [7, 11) is 0. The predicted octanol–water partition coefficient (Wildman–Crippen LogP) is 2.17. The summed E-state index contributed by atoms with van der Waals surface area (Å²) in [4.78, 5) is 22.5. The molecule has 0 bridgehead atoms. The molecule has 0 saturated heterocycles. The molecule has 0 aromatic heterocycles. The van der Waals surface area contributed by atoms with Gasteiger partial charge >= 0.3 is 5.97 Å². The number of amides is 1. The SMILES string of the molecule is CC(C)c1ccc(OCC(=O)NC(C)(C)C(=O)O)cc1. The van der Waals surface area contributed by atoms with Crippen LogP contribution in [-0.2, 0) is 9.59 Å². The van der Waals surface area contributed by atoms with Crippen molar-refractivity contribution in [1.82, 2.24) is 5.32 Å². The molecule has 110 valence electrons. The minimum Gasteiger partial charge on any atom is -0.484 e. The molecule has 1 aromatic rings. The van der Waals surface area contributed by atoms with E-state index in [2.05, 4.69) is 19.2 Å². The summed E-state index contributed by atoms with van der Waals surface area (Å²) in [5.41, 5.74) is -0.115. The monoisotopic (exact) mass is 279 g/mol. The number of ether oxygens (including phenoxy) is 1. The first kappa shape index (κ1) is 16.0. The highest BCUT2D eigenvalue weighted by Gasteiger charge is 2.28. The second-order valence-corrected chi connectivity index (χ2v) is 5.49. The molecule has 20 heavy (non-hydrogen) atoms. The van der Waals surface area contributed by atoms with Crippen molar-refractivity contribution >= 4 is 11.9 Å². The summed E-state index contributed by atoms with van der Waals surface area (Å²) in [6.45, 7) is 6.82. The van der Waals surface area contributed by atoms with Gasteiger partial charge in [-0.2, -0.15) is 0 Å². The Morgan fingerprint density at radius 3 is 2.25 bits per heavy atom. The quantitative estimate of drug-likeness (QED) is 0.836. The van der Waals surface area contributed by atoms with E-state index < -0.39 is 17.4 Å². The van der Waals surface area contributed by atoms with Gasteiger partial charge in [-0.05, 0) is 37.5 Å². The van der Waals surface area contributed by atoms with Crippen molar-refractivity contribution < 1.29 is 19.4 Å². The fourth-order valence-corrected chi connectivity index (χ4v) is 1.54. The molecule has 0 heterocycles. The summed E-state index contributed by atoms with van der Waals surface area (Å²) < 4.78 is 5.32. The van der Waals surface area contributed by atoms with Gasteiger partial charge in [-0.15, -0.1) is 0 Å². The van der Waals surface area contributed by atoms with E-state index in [0.29, 0.717) is 11.7 Å². The number of aliphatic carboxylic acids is 1. The molecule has 0 saturated carbocycles. The highest BCUT2D eigenvalue weighted by Crippen LogP contribution is 2.18. The molecule has 1 amide bonds. The van der Waals surface area contributed by atoms with Crippen molar-refractivity contribution in [2.24, 2.45) is 0 Å². The van der Waals surface area contributed by atoms with E-state index in [-0.39, 0.29) is 6.61 Å². The van der Waals surface area contributed by atoms with Crippen molar-refractivity contribution in [3.63, 3.8) is 0 Å². The lowest BCUT2D eigenvalue weighted by atomic mass is 10.0. The van der Waals surface area contributed by atoms with Crippen molar-refractivity contribution in [3.8, 4) is 5.75 Å². The van der Waals surface area contributed by atoms with Crippen LogP contribution in [0.4, 0.5) is 0 Å². The second-order valence-electron chi connectivity index (χ2n) is 5.49. The zero-order valence-corrected chi connectivity index (χ0v) is 12.3. The Hall–Kier alpha value is -2.04. The molecular formula is C15H21NO4. The molecule has 0 unspecified atom stereocenters. The Labute approximate surface area is 118 Å². The molecule has 0 aliphatic heterocycles. The molecule has 1 rings (SSSR count). The van der Waals surface area contributed by atoms with Crippen LogP contribution in [0.15, 0.2) is 24.3 Å². The lowest BCUT2D eigenvalue weighted by molar-refractivity contribution is -0.146. The Morgan fingerprint density at radius 1 is 1.25 bits per heavy atom. The number of hydrogen-bond acceptors (Lipinski definition) is 3. The molecule has 0 aliphatic rings. The Morgan fingerprint density at radius 2 is 1.80 bits per heavy atom. The fourth-order valence-electron chi connectivity index (χ4n) is 1.54. The highest BCUT2D eigenvalue weighted by molar-refractivity contribution is 5.86. The van der Waals surface area contributed by atoms with Crippen molar-refractivity contribution in [1.29, 1.82) is 0 Å². The highest BCUT2D eigenvalue weighted by atomic mass is 16.5. The standard InChI is InChI=1S/C15H21NO4/c1-10(2)11-5-7-12(8-6-11)20-9-13(17)16-15(3,4)14(18)19/h5-8,10H,9H2,1-4H3,(H,16,17)(H,18,19). The summed E-state index contributed by atoms with van der Waals surface area (Å²) in [6.07, 6.45) is 0. The first-order valence-corrected chi connectivity index (χ1v) is 6.49. The Balaban J connectivity index is 2.51. The maximum atomic E-state index is 11.6. The van der Waals surface area contributed by atoms with E-state index in [9.17, 15) is 9.59 Å². The largest absolute Gasteiger partial charge is 0.484 e. The van der Waals surface area contributed by atoms with Gasteiger partial charge < -0.3 is 15.2 Å². The van der Waals surface area contributed by atoms with Crippen LogP contribution in [0.1, 0.15) is 39.2 Å². The van der Waals surface area contributed by atoms with E-state index in [1.807, 2.05) is 12.1 Å². The van der Waals surface area contributed by atoms with Gasteiger partial charge in [-0.3, -0.25) is 4.79 Å². The summed E-state index contributed by atoms with van der Waals surface area (Å²) in [5, 5.41) is 11.3. The molecule has 0 fully saturated rings. The average Bonchev–Trinajstić information content (AvgIpc) is 2.36. The topological polar surface area (TPSA) is 75.6 Å². The maximum absolute atomic E-state index is 11.6. The van der Waals surface area contributed by atoms with E-state index in [1.165, 1.54) is 19.4 Å². The Kier molecular flexibility index (Phi) is 5.13. The van der Waals surface area contributed by atoms with Crippen molar-refractivity contribution in [3.05, 3.63) is 29.8 Å². The van der Waals surface area contributed by atoms with Gasteiger partial charge in [0, 0.05) is 0 Å². The van der Waals surface area contributed by atoms with Crippen molar-refractivity contribution in [2.75, 3.05) is 6.61 Å². The van der Waals surface area contributed by atoms with Gasteiger partial charge in [0.25, 0.3) is 5.91 Å². The van der Waals surface area contributed by atoms with Crippen LogP contribution >= 0.6 is 0 Å². The lowest BCUT2D eigenvalue weighted by Gasteiger charge is -2.20. The zero-order chi connectivity index (χ0) is 15.3. The number of nitrogens with one attached hydrogen (secondary N) is 1. The van der Waals surface area contributed by atoms with E-state index in [4.69, 9.17) is 9.84 Å². The molecule has 2 N–H and O–H groups in total. The van der Waals surface area contributed by atoms with Gasteiger partial charge in [0.15, 0.2) is 6.61 Å². The van der Waals surface area contributed by atoms with Crippen LogP contribution in [0.25, 0.3) is 0 Å². The summed E-state index contributed by atoms with van der Waals surface area (Å²) in [6, 6.07) is 7.48. The van der Waals surface area contributed by atoms with E-state index >= 15 is 0 Å². The van der Waals surface area contributed by atoms with Crippen LogP contribution in [-0.4, -0.2) is 29.1 Å². The average molecular weight is 279 g/mol. The number of rotatable bonds is 6. The molecule has 0 radical (unpaired) electrons.